The number of ether oxygens (including phenoxy) is 1. The van der Waals surface area contributed by atoms with Crippen molar-refractivity contribution in [2.75, 3.05) is 18.2 Å². The van der Waals surface area contributed by atoms with Crippen molar-refractivity contribution < 1.29 is 19.2 Å². The summed E-state index contributed by atoms with van der Waals surface area (Å²) in [6.07, 6.45) is 0. The van der Waals surface area contributed by atoms with Crippen LogP contribution < -0.4 is 5.01 Å². The van der Waals surface area contributed by atoms with Crippen LogP contribution in [0.3, 0.4) is 0 Å². The van der Waals surface area contributed by atoms with Gasteiger partial charge in [0.25, 0.3) is 5.69 Å². The number of nitrogens with zero attached hydrogens (tertiary/aromatic N) is 3. The number of esters is 1. The van der Waals surface area contributed by atoms with E-state index in [0.717, 1.165) is 0 Å². The molecule has 1 aliphatic rings. The summed E-state index contributed by atoms with van der Waals surface area (Å²) in [6.45, 7) is 1.62. The van der Waals surface area contributed by atoms with E-state index in [9.17, 15) is 19.7 Å². The third-order valence-corrected chi connectivity index (χ3v) is 2.59. The first-order valence-corrected chi connectivity index (χ1v) is 5.84. The van der Waals surface area contributed by atoms with E-state index in [1.807, 2.05) is 0 Å². The average molecular weight is 277 g/mol. The molecule has 104 valence electrons. The number of carbonyl (C=O) groups excluding carboxylic acids is 2. The topological polar surface area (TPSA) is 102 Å². The van der Waals surface area contributed by atoms with Gasteiger partial charge in [0.05, 0.1) is 17.2 Å². The predicted molar refractivity (Wildman–Crippen MR) is 69.5 cm³/mol. The van der Waals surface area contributed by atoms with Crippen LogP contribution in [-0.4, -0.2) is 35.5 Å². The van der Waals surface area contributed by atoms with Crippen LogP contribution in [0.4, 0.5) is 11.4 Å². The molecule has 0 N–H and O–H groups in total. The Morgan fingerprint density at radius 1 is 1.55 bits per heavy atom. The van der Waals surface area contributed by atoms with E-state index < -0.39 is 16.7 Å². The lowest BCUT2D eigenvalue weighted by atomic mass is 10.2. The second kappa shape index (κ2) is 5.47. The minimum Gasteiger partial charge on any atom is -0.461 e. The fourth-order valence-electron chi connectivity index (χ4n) is 1.69. The zero-order valence-electron chi connectivity index (χ0n) is 10.6. The van der Waals surface area contributed by atoms with Gasteiger partial charge in [-0.3, -0.25) is 19.9 Å². The number of rotatable bonds is 4. The standard InChI is InChI=1S/C12H11N3O5/c1-2-20-12(17)11-10(16)7-14(13-11)8-4-3-5-9(6-8)15(18)19/h3-6H,2,7H2,1H3. The van der Waals surface area contributed by atoms with E-state index in [-0.39, 0.29) is 24.6 Å². The van der Waals surface area contributed by atoms with Crippen molar-refractivity contribution in [1.29, 1.82) is 0 Å². The van der Waals surface area contributed by atoms with Crippen molar-refractivity contribution in [2.45, 2.75) is 6.92 Å². The van der Waals surface area contributed by atoms with Crippen molar-refractivity contribution in [3.05, 3.63) is 34.4 Å². The molecule has 1 aliphatic heterocycles. The highest BCUT2D eigenvalue weighted by molar-refractivity contribution is 6.66. The molecule has 8 nitrogen and oxygen atoms in total. The molecule has 2 rings (SSSR count). The van der Waals surface area contributed by atoms with Crippen LogP contribution in [-0.2, 0) is 14.3 Å². The third-order valence-electron chi connectivity index (χ3n) is 2.59. The summed E-state index contributed by atoms with van der Waals surface area (Å²) < 4.78 is 4.72. The molecule has 0 unspecified atom stereocenters. The van der Waals surface area contributed by atoms with E-state index in [0.29, 0.717) is 5.69 Å². The molecule has 0 aromatic heterocycles. The number of carbonyl (C=O) groups is 2. The van der Waals surface area contributed by atoms with Crippen LogP contribution in [0.5, 0.6) is 0 Å². The first-order chi connectivity index (χ1) is 9.52. The number of hydrogen-bond acceptors (Lipinski definition) is 7. The van der Waals surface area contributed by atoms with E-state index >= 15 is 0 Å². The van der Waals surface area contributed by atoms with E-state index in [4.69, 9.17) is 4.74 Å². The Bertz CT molecular complexity index is 611. The average Bonchev–Trinajstić information content (AvgIpc) is 2.81. The van der Waals surface area contributed by atoms with Gasteiger partial charge < -0.3 is 4.74 Å². The molecule has 1 aromatic rings. The molecule has 20 heavy (non-hydrogen) atoms. The molecule has 0 radical (unpaired) electrons. The summed E-state index contributed by atoms with van der Waals surface area (Å²) in [5, 5.41) is 15.8. The van der Waals surface area contributed by atoms with Gasteiger partial charge >= 0.3 is 5.97 Å². The Hall–Kier alpha value is -2.77. The SMILES string of the molecule is CCOC(=O)C1=NN(c2cccc([N+](=O)[O-])c2)CC1=O. The Morgan fingerprint density at radius 3 is 2.95 bits per heavy atom. The highest BCUT2D eigenvalue weighted by atomic mass is 16.6. The number of non-ortho nitro benzene ring substituents is 1. The number of nitro benzene ring substituents is 1. The zero-order valence-corrected chi connectivity index (χ0v) is 10.6. The molecular formula is C12H11N3O5. The van der Waals surface area contributed by atoms with Crippen LogP contribution in [0.2, 0.25) is 0 Å². The number of hydrogen-bond donors (Lipinski definition) is 0. The van der Waals surface area contributed by atoms with Gasteiger partial charge in [-0.15, -0.1) is 0 Å². The molecule has 0 aliphatic carbocycles. The summed E-state index contributed by atoms with van der Waals surface area (Å²) in [5.74, 6) is -1.26. The second-order valence-electron chi connectivity index (χ2n) is 3.93. The number of ketones is 1. The van der Waals surface area contributed by atoms with Crippen LogP contribution in [0.15, 0.2) is 29.4 Å². The largest absolute Gasteiger partial charge is 0.461 e. The molecule has 1 heterocycles. The summed E-state index contributed by atoms with van der Waals surface area (Å²) >= 11 is 0. The zero-order chi connectivity index (χ0) is 14.7. The predicted octanol–water partition coefficient (Wildman–Crippen LogP) is 0.903. The Morgan fingerprint density at radius 2 is 2.30 bits per heavy atom. The highest BCUT2D eigenvalue weighted by Crippen LogP contribution is 2.23. The molecule has 0 fully saturated rings. The normalized spacial score (nSPS) is 14.2. The molecular weight excluding hydrogens is 266 g/mol. The Balaban J connectivity index is 2.27. The summed E-state index contributed by atoms with van der Waals surface area (Å²) in [6, 6.07) is 5.66. The first kappa shape index (κ1) is 13.7. The van der Waals surface area contributed by atoms with Crippen molar-refractivity contribution in [3.63, 3.8) is 0 Å². The lowest BCUT2D eigenvalue weighted by Crippen LogP contribution is -2.25. The van der Waals surface area contributed by atoms with Gasteiger partial charge in [0.2, 0.25) is 11.5 Å². The maximum absolute atomic E-state index is 11.7. The van der Waals surface area contributed by atoms with Gasteiger partial charge in [-0.25, -0.2) is 4.79 Å². The number of hydrazone groups is 1. The lowest BCUT2D eigenvalue weighted by molar-refractivity contribution is -0.384. The molecule has 0 atom stereocenters. The minimum absolute atomic E-state index is 0.116. The van der Waals surface area contributed by atoms with Crippen LogP contribution in [0.25, 0.3) is 0 Å². The highest BCUT2D eigenvalue weighted by Gasteiger charge is 2.31. The Labute approximate surface area is 113 Å². The van der Waals surface area contributed by atoms with Gasteiger partial charge in [0.1, 0.15) is 6.54 Å². The molecule has 0 saturated carbocycles. The van der Waals surface area contributed by atoms with Crippen molar-refractivity contribution in [1.82, 2.24) is 0 Å². The molecule has 0 bridgehead atoms. The second-order valence-corrected chi connectivity index (χ2v) is 3.93. The van der Waals surface area contributed by atoms with E-state index in [2.05, 4.69) is 5.10 Å². The summed E-state index contributed by atoms with van der Waals surface area (Å²) in [5.41, 5.74) is -0.0417. The quantitative estimate of drug-likeness (QED) is 0.460. The fraction of sp³-hybridized carbons (Fsp3) is 0.250. The smallest absolute Gasteiger partial charge is 0.362 e. The molecule has 0 spiro atoms. The van der Waals surface area contributed by atoms with Gasteiger partial charge in [-0.2, -0.15) is 5.10 Å². The van der Waals surface area contributed by atoms with E-state index in [1.54, 1.807) is 13.0 Å². The van der Waals surface area contributed by atoms with Gasteiger partial charge in [0, 0.05) is 12.1 Å². The molecule has 8 heteroatoms. The summed E-state index contributed by atoms with van der Waals surface area (Å²) in [4.78, 5) is 33.3. The monoisotopic (exact) mass is 277 g/mol. The van der Waals surface area contributed by atoms with Crippen LogP contribution in [0.1, 0.15) is 6.92 Å². The van der Waals surface area contributed by atoms with Gasteiger partial charge in [-0.05, 0) is 13.0 Å². The minimum atomic E-state index is -0.787. The summed E-state index contributed by atoms with van der Waals surface area (Å²) in [7, 11) is 0. The third kappa shape index (κ3) is 2.63. The maximum atomic E-state index is 11.7. The number of anilines is 1. The van der Waals surface area contributed by atoms with Crippen LogP contribution >= 0.6 is 0 Å². The number of benzene rings is 1. The van der Waals surface area contributed by atoms with Crippen LogP contribution in [0, 0.1) is 10.1 Å². The first-order valence-electron chi connectivity index (χ1n) is 5.84. The van der Waals surface area contributed by atoms with Crippen molar-refractivity contribution in [3.8, 4) is 0 Å². The number of nitro groups is 1. The lowest BCUT2D eigenvalue weighted by Gasteiger charge is -2.11. The van der Waals surface area contributed by atoms with Gasteiger partial charge in [0.15, 0.2) is 0 Å². The molecule has 1 aromatic carbocycles. The fourth-order valence-corrected chi connectivity index (χ4v) is 1.69. The number of Topliss-reactive ketones (excluding diaryl/α,β-unsaturated/α-hetero) is 1. The molecule has 0 saturated heterocycles. The van der Waals surface area contributed by atoms with Gasteiger partial charge in [-0.1, -0.05) is 6.07 Å². The Kier molecular flexibility index (Phi) is 3.74. The van der Waals surface area contributed by atoms with E-state index in [1.165, 1.54) is 23.2 Å². The maximum Gasteiger partial charge on any atom is 0.362 e. The van der Waals surface area contributed by atoms with Crippen molar-refractivity contribution in [2.24, 2.45) is 5.10 Å². The van der Waals surface area contributed by atoms with Crippen molar-refractivity contribution >= 4 is 28.8 Å². The molecule has 0 amide bonds.